The van der Waals surface area contributed by atoms with E-state index in [1.54, 1.807) is 0 Å². The van der Waals surface area contributed by atoms with Crippen molar-refractivity contribution < 1.29 is 5.11 Å². The molecular formula is C13H22O. The highest BCUT2D eigenvalue weighted by Gasteiger charge is 2.46. The fourth-order valence-corrected chi connectivity index (χ4v) is 3.50. The first-order chi connectivity index (χ1) is 6.47. The van der Waals surface area contributed by atoms with Crippen LogP contribution in [0.15, 0.2) is 11.6 Å². The Hall–Kier alpha value is -0.300. The van der Waals surface area contributed by atoms with Crippen LogP contribution in [-0.4, -0.2) is 11.2 Å². The third-order valence-corrected chi connectivity index (χ3v) is 4.37. The molecule has 2 aliphatic rings. The Balaban J connectivity index is 2.40. The minimum Gasteiger partial charge on any atom is -0.392 e. The third kappa shape index (κ3) is 1.33. The third-order valence-electron chi connectivity index (χ3n) is 4.37. The summed E-state index contributed by atoms with van der Waals surface area (Å²) in [4.78, 5) is 0. The van der Waals surface area contributed by atoms with Crippen LogP contribution in [0.5, 0.6) is 0 Å². The van der Waals surface area contributed by atoms with Crippen molar-refractivity contribution >= 4 is 0 Å². The van der Waals surface area contributed by atoms with Gasteiger partial charge in [-0.1, -0.05) is 38.8 Å². The maximum atomic E-state index is 10.2. The molecule has 1 fully saturated rings. The summed E-state index contributed by atoms with van der Waals surface area (Å²) in [7, 11) is 0. The Morgan fingerprint density at radius 1 is 1.29 bits per heavy atom. The first-order valence-corrected chi connectivity index (χ1v) is 5.86. The fourth-order valence-electron chi connectivity index (χ4n) is 3.50. The number of aliphatic hydroxyl groups excluding tert-OH is 1. The van der Waals surface area contributed by atoms with Gasteiger partial charge in [0.25, 0.3) is 0 Å². The second-order valence-electron chi connectivity index (χ2n) is 5.87. The summed E-state index contributed by atoms with van der Waals surface area (Å²) in [5.41, 5.74) is 1.92. The summed E-state index contributed by atoms with van der Waals surface area (Å²) in [5, 5.41) is 10.2. The van der Waals surface area contributed by atoms with Gasteiger partial charge in [-0.25, -0.2) is 0 Å². The molecule has 1 saturated carbocycles. The SMILES string of the molecule is CC1(C)CCC[C@@]2(C)C1=CCC[C@@H]2O. The number of fused-ring (bicyclic) bond motifs is 1. The van der Waals surface area contributed by atoms with E-state index in [1.165, 1.54) is 24.8 Å². The maximum Gasteiger partial charge on any atom is 0.0634 e. The van der Waals surface area contributed by atoms with Crippen molar-refractivity contribution in [2.45, 2.75) is 59.0 Å². The number of allylic oxidation sites excluding steroid dienone is 1. The van der Waals surface area contributed by atoms with Crippen molar-refractivity contribution in [3.05, 3.63) is 11.6 Å². The van der Waals surface area contributed by atoms with E-state index in [4.69, 9.17) is 0 Å². The number of rotatable bonds is 0. The van der Waals surface area contributed by atoms with Gasteiger partial charge in [-0.2, -0.15) is 0 Å². The van der Waals surface area contributed by atoms with E-state index in [0.717, 1.165) is 12.8 Å². The minimum atomic E-state index is -0.109. The highest BCUT2D eigenvalue weighted by molar-refractivity contribution is 5.27. The molecule has 0 heterocycles. The molecule has 1 nitrogen and oxygen atoms in total. The predicted octanol–water partition coefficient (Wildman–Crippen LogP) is 3.28. The van der Waals surface area contributed by atoms with Gasteiger partial charge in [-0.3, -0.25) is 0 Å². The zero-order chi connectivity index (χ0) is 10.4. The lowest BCUT2D eigenvalue weighted by Gasteiger charge is -2.50. The van der Waals surface area contributed by atoms with E-state index in [1.807, 2.05) is 0 Å². The molecule has 0 aromatic rings. The lowest BCUT2D eigenvalue weighted by atomic mass is 9.56. The van der Waals surface area contributed by atoms with E-state index < -0.39 is 0 Å². The van der Waals surface area contributed by atoms with Gasteiger partial charge in [0.1, 0.15) is 0 Å². The minimum absolute atomic E-state index is 0.0833. The molecule has 2 atom stereocenters. The molecular weight excluding hydrogens is 172 g/mol. The van der Waals surface area contributed by atoms with Gasteiger partial charge in [0.05, 0.1) is 6.10 Å². The Labute approximate surface area is 87.2 Å². The summed E-state index contributed by atoms with van der Waals surface area (Å²) >= 11 is 0. The molecule has 1 N–H and O–H groups in total. The Kier molecular flexibility index (Phi) is 2.26. The first kappa shape index (κ1) is 10.2. The molecule has 0 saturated heterocycles. The largest absolute Gasteiger partial charge is 0.392 e. The molecule has 2 rings (SSSR count). The van der Waals surface area contributed by atoms with Crippen LogP contribution in [-0.2, 0) is 0 Å². The summed E-state index contributed by atoms with van der Waals surface area (Å²) in [5.74, 6) is 0. The summed E-state index contributed by atoms with van der Waals surface area (Å²) in [6, 6.07) is 0. The van der Waals surface area contributed by atoms with Crippen LogP contribution in [0.25, 0.3) is 0 Å². The average molecular weight is 194 g/mol. The van der Waals surface area contributed by atoms with Crippen molar-refractivity contribution in [1.82, 2.24) is 0 Å². The van der Waals surface area contributed by atoms with Crippen LogP contribution >= 0.6 is 0 Å². The van der Waals surface area contributed by atoms with Gasteiger partial charge in [-0.15, -0.1) is 0 Å². The molecule has 80 valence electrons. The average Bonchev–Trinajstić information content (AvgIpc) is 2.08. The molecule has 2 aliphatic carbocycles. The van der Waals surface area contributed by atoms with E-state index in [0.29, 0.717) is 5.41 Å². The Morgan fingerprint density at radius 3 is 2.64 bits per heavy atom. The number of aliphatic hydroxyl groups is 1. The molecule has 0 radical (unpaired) electrons. The second kappa shape index (κ2) is 3.10. The lowest BCUT2D eigenvalue weighted by molar-refractivity contribution is 0.0107. The monoisotopic (exact) mass is 194 g/mol. The highest BCUT2D eigenvalue weighted by Crippen LogP contribution is 2.54. The van der Waals surface area contributed by atoms with Gasteiger partial charge in [-0.05, 0) is 31.1 Å². The Bertz CT molecular complexity index is 264. The van der Waals surface area contributed by atoms with Gasteiger partial charge in [0.2, 0.25) is 0 Å². The van der Waals surface area contributed by atoms with Crippen LogP contribution in [0.1, 0.15) is 52.9 Å². The molecule has 0 unspecified atom stereocenters. The molecule has 0 aliphatic heterocycles. The fraction of sp³-hybridized carbons (Fsp3) is 0.846. The van der Waals surface area contributed by atoms with Crippen molar-refractivity contribution in [2.75, 3.05) is 0 Å². The van der Waals surface area contributed by atoms with E-state index in [9.17, 15) is 5.11 Å². The topological polar surface area (TPSA) is 20.2 Å². The van der Waals surface area contributed by atoms with Crippen molar-refractivity contribution in [3.8, 4) is 0 Å². The second-order valence-corrected chi connectivity index (χ2v) is 5.87. The quantitative estimate of drug-likeness (QED) is 0.587. The van der Waals surface area contributed by atoms with Crippen LogP contribution in [0.3, 0.4) is 0 Å². The number of hydrogen-bond acceptors (Lipinski definition) is 1. The molecule has 0 aromatic heterocycles. The zero-order valence-electron chi connectivity index (χ0n) is 9.64. The van der Waals surface area contributed by atoms with Gasteiger partial charge >= 0.3 is 0 Å². The zero-order valence-corrected chi connectivity index (χ0v) is 9.64. The number of hydrogen-bond donors (Lipinski definition) is 1. The highest BCUT2D eigenvalue weighted by atomic mass is 16.3. The molecule has 1 heteroatoms. The van der Waals surface area contributed by atoms with Crippen molar-refractivity contribution in [1.29, 1.82) is 0 Å². The van der Waals surface area contributed by atoms with Crippen LogP contribution in [0.4, 0.5) is 0 Å². The van der Waals surface area contributed by atoms with Gasteiger partial charge in [0.15, 0.2) is 0 Å². The molecule has 0 spiro atoms. The van der Waals surface area contributed by atoms with E-state index in [-0.39, 0.29) is 11.5 Å². The van der Waals surface area contributed by atoms with Gasteiger partial charge in [0, 0.05) is 5.41 Å². The lowest BCUT2D eigenvalue weighted by Crippen LogP contribution is -2.44. The summed E-state index contributed by atoms with van der Waals surface area (Å²) in [6.45, 7) is 6.91. The summed E-state index contributed by atoms with van der Waals surface area (Å²) in [6.07, 6.45) is 8.02. The maximum absolute atomic E-state index is 10.2. The molecule has 0 bridgehead atoms. The Morgan fingerprint density at radius 2 is 2.00 bits per heavy atom. The standard InChI is InChI=1S/C13H22O/c1-12(2)8-5-9-13(3)10(12)6-4-7-11(13)14/h6,11,14H,4-5,7-9H2,1-3H3/t11-,13-/m0/s1. The van der Waals surface area contributed by atoms with E-state index >= 15 is 0 Å². The smallest absolute Gasteiger partial charge is 0.0634 e. The van der Waals surface area contributed by atoms with Crippen LogP contribution in [0.2, 0.25) is 0 Å². The van der Waals surface area contributed by atoms with Crippen LogP contribution < -0.4 is 0 Å². The predicted molar refractivity (Wildman–Crippen MR) is 59.1 cm³/mol. The van der Waals surface area contributed by atoms with Crippen molar-refractivity contribution in [2.24, 2.45) is 10.8 Å². The van der Waals surface area contributed by atoms with E-state index in [2.05, 4.69) is 26.8 Å². The normalized spacial score (nSPS) is 41.4. The molecule has 0 aromatic carbocycles. The van der Waals surface area contributed by atoms with Crippen LogP contribution in [0, 0.1) is 10.8 Å². The van der Waals surface area contributed by atoms with Crippen molar-refractivity contribution in [3.63, 3.8) is 0 Å². The summed E-state index contributed by atoms with van der Waals surface area (Å²) < 4.78 is 0. The first-order valence-electron chi connectivity index (χ1n) is 5.86. The molecule has 0 amide bonds. The molecule has 14 heavy (non-hydrogen) atoms. The van der Waals surface area contributed by atoms with Gasteiger partial charge < -0.3 is 5.11 Å².